The van der Waals surface area contributed by atoms with Crippen LogP contribution in [-0.2, 0) is 23.9 Å². The molecule has 0 saturated carbocycles. The summed E-state index contributed by atoms with van der Waals surface area (Å²) in [6.07, 6.45) is 4.40. The number of aldehydes is 1. The molecule has 2 rings (SSSR count). The van der Waals surface area contributed by atoms with E-state index in [1.807, 2.05) is 13.8 Å². The summed E-state index contributed by atoms with van der Waals surface area (Å²) in [5, 5.41) is 9.55. The standard InChI is InChI=1S/C20H26O6/c1-12(2)7-18(23)25-16-8-14(10-21)5-4-6-15(11-22)9-17-19(16)13(3)20(24)26-17/h5,9-10,12,16-17,19,22H,3-4,6-8,11H2,1-2H3/b14-5-,15-9-/t16-,17-,19+/m0/s1. The van der Waals surface area contributed by atoms with E-state index in [-0.39, 0.29) is 36.9 Å². The molecule has 0 aromatic rings. The maximum atomic E-state index is 12.2. The predicted octanol–water partition coefficient (Wildman–Crippen LogP) is 2.27. The normalized spacial score (nSPS) is 30.5. The van der Waals surface area contributed by atoms with Gasteiger partial charge in [0.05, 0.1) is 12.5 Å². The summed E-state index contributed by atoms with van der Waals surface area (Å²) < 4.78 is 11.0. The summed E-state index contributed by atoms with van der Waals surface area (Å²) in [5.41, 5.74) is 1.42. The summed E-state index contributed by atoms with van der Waals surface area (Å²) in [5.74, 6) is -1.38. The molecule has 3 atom stereocenters. The summed E-state index contributed by atoms with van der Waals surface area (Å²) in [7, 11) is 0. The first-order valence-corrected chi connectivity index (χ1v) is 8.89. The minimum absolute atomic E-state index is 0.129. The van der Waals surface area contributed by atoms with Crippen LogP contribution >= 0.6 is 0 Å². The Kier molecular flexibility index (Phi) is 6.91. The van der Waals surface area contributed by atoms with Gasteiger partial charge in [-0.05, 0) is 36.0 Å². The Bertz CT molecular complexity index is 643. The number of carbonyl (C=O) groups is 3. The molecule has 0 aromatic heterocycles. The second-order valence-electron chi connectivity index (χ2n) is 7.17. The maximum Gasteiger partial charge on any atom is 0.334 e. The molecule has 6 nitrogen and oxygen atoms in total. The highest BCUT2D eigenvalue weighted by atomic mass is 16.6. The number of allylic oxidation sites excluding steroid dienone is 1. The zero-order valence-corrected chi connectivity index (χ0v) is 15.3. The zero-order valence-electron chi connectivity index (χ0n) is 15.3. The Labute approximate surface area is 153 Å². The van der Waals surface area contributed by atoms with Crippen molar-refractivity contribution in [1.82, 2.24) is 0 Å². The zero-order chi connectivity index (χ0) is 19.3. The van der Waals surface area contributed by atoms with Crippen LogP contribution in [0.15, 0.2) is 35.5 Å². The first kappa shape index (κ1) is 20.1. The van der Waals surface area contributed by atoms with Crippen molar-refractivity contribution in [2.75, 3.05) is 6.61 Å². The number of carbonyl (C=O) groups excluding carboxylic acids is 3. The van der Waals surface area contributed by atoms with Gasteiger partial charge in [-0.25, -0.2) is 4.79 Å². The minimum atomic E-state index is -0.726. The smallest absolute Gasteiger partial charge is 0.334 e. The van der Waals surface area contributed by atoms with E-state index in [2.05, 4.69) is 6.58 Å². The van der Waals surface area contributed by atoms with Crippen LogP contribution in [0, 0.1) is 11.8 Å². The monoisotopic (exact) mass is 362 g/mol. The first-order valence-electron chi connectivity index (χ1n) is 8.89. The Morgan fingerprint density at radius 2 is 2.23 bits per heavy atom. The lowest BCUT2D eigenvalue weighted by atomic mass is 9.85. The minimum Gasteiger partial charge on any atom is -0.461 e. The number of ether oxygens (including phenoxy) is 2. The molecule has 1 aliphatic carbocycles. The van der Waals surface area contributed by atoms with Crippen molar-refractivity contribution in [2.24, 2.45) is 11.8 Å². The Balaban J connectivity index is 2.38. The summed E-state index contributed by atoms with van der Waals surface area (Å²) in [4.78, 5) is 35.7. The number of aliphatic hydroxyl groups excluding tert-OH is 1. The van der Waals surface area contributed by atoms with E-state index >= 15 is 0 Å². The van der Waals surface area contributed by atoms with Crippen molar-refractivity contribution < 1.29 is 29.0 Å². The SMILES string of the molecule is C=C1C(=O)O[C@H]2/C=C(\CO)CC/C=C(\C=O)C[C@H](OC(=O)CC(C)C)[C@@H]12. The Morgan fingerprint density at radius 1 is 1.50 bits per heavy atom. The van der Waals surface area contributed by atoms with Crippen molar-refractivity contribution in [2.45, 2.75) is 51.7 Å². The van der Waals surface area contributed by atoms with Crippen molar-refractivity contribution >= 4 is 18.2 Å². The van der Waals surface area contributed by atoms with E-state index in [1.54, 1.807) is 12.2 Å². The van der Waals surface area contributed by atoms with E-state index < -0.39 is 24.1 Å². The third-order valence-electron chi connectivity index (χ3n) is 4.58. The van der Waals surface area contributed by atoms with Crippen molar-refractivity contribution in [1.29, 1.82) is 0 Å². The van der Waals surface area contributed by atoms with Crippen molar-refractivity contribution in [3.05, 3.63) is 35.5 Å². The van der Waals surface area contributed by atoms with Crippen LogP contribution in [0.25, 0.3) is 0 Å². The number of aliphatic hydroxyl groups is 1. The molecular formula is C20H26O6. The highest BCUT2D eigenvalue weighted by Crippen LogP contribution is 2.36. The quantitative estimate of drug-likeness (QED) is 0.349. The lowest BCUT2D eigenvalue weighted by molar-refractivity contribution is -0.153. The molecule has 0 spiro atoms. The van der Waals surface area contributed by atoms with E-state index in [0.717, 1.165) is 6.29 Å². The second-order valence-corrected chi connectivity index (χ2v) is 7.17. The Morgan fingerprint density at radius 3 is 2.85 bits per heavy atom. The van der Waals surface area contributed by atoms with Gasteiger partial charge in [-0.1, -0.05) is 26.5 Å². The summed E-state index contributed by atoms with van der Waals surface area (Å²) in [6, 6.07) is 0. The summed E-state index contributed by atoms with van der Waals surface area (Å²) in [6.45, 7) is 7.45. The fourth-order valence-electron chi connectivity index (χ4n) is 3.28. The predicted molar refractivity (Wildman–Crippen MR) is 95.0 cm³/mol. The molecule has 2 aliphatic rings. The van der Waals surface area contributed by atoms with Crippen LogP contribution in [-0.4, -0.2) is 42.1 Å². The molecule has 0 amide bonds. The number of hydrogen-bond acceptors (Lipinski definition) is 6. The average molecular weight is 362 g/mol. The van der Waals surface area contributed by atoms with Gasteiger partial charge in [0.2, 0.25) is 0 Å². The van der Waals surface area contributed by atoms with Gasteiger partial charge in [0.1, 0.15) is 18.5 Å². The molecule has 6 heteroatoms. The molecule has 1 heterocycles. The molecule has 0 bridgehead atoms. The van der Waals surface area contributed by atoms with E-state index in [9.17, 15) is 19.5 Å². The fourth-order valence-corrected chi connectivity index (χ4v) is 3.28. The largest absolute Gasteiger partial charge is 0.461 e. The van der Waals surface area contributed by atoms with Crippen LogP contribution in [0.5, 0.6) is 0 Å². The average Bonchev–Trinajstić information content (AvgIpc) is 2.85. The molecular weight excluding hydrogens is 336 g/mol. The molecule has 0 unspecified atom stereocenters. The highest BCUT2D eigenvalue weighted by Gasteiger charge is 2.44. The highest BCUT2D eigenvalue weighted by molar-refractivity contribution is 5.91. The second kappa shape index (κ2) is 8.94. The molecule has 0 aromatic carbocycles. The van der Waals surface area contributed by atoms with Crippen LogP contribution < -0.4 is 0 Å². The molecule has 1 fully saturated rings. The molecule has 26 heavy (non-hydrogen) atoms. The lowest BCUT2D eigenvalue weighted by Gasteiger charge is -2.27. The van der Waals surface area contributed by atoms with E-state index in [4.69, 9.17) is 9.47 Å². The number of hydrogen-bond donors (Lipinski definition) is 1. The molecule has 1 saturated heterocycles. The summed E-state index contributed by atoms with van der Waals surface area (Å²) >= 11 is 0. The molecule has 0 radical (unpaired) electrons. The van der Waals surface area contributed by atoms with E-state index in [0.29, 0.717) is 24.0 Å². The van der Waals surface area contributed by atoms with Gasteiger partial charge < -0.3 is 14.6 Å². The van der Waals surface area contributed by atoms with Crippen LogP contribution in [0.1, 0.15) is 39.5 Å². The number of fused-ring (bicyclic) bond motifs is 1. The van der Waals surface area contributed by atoms with Gasteiger partial charge in [-0.3, -0.25) is 9.59 Å². The third kappa shape index (κ3) is 4.91. The van der Waals surface area contributed by atoms with Crippen LogP contribution in [0.3, 0.4) is 0 Å². The number of rotatable bonds is 5. The maximum absolute atomic E-state index is 12.2. The van der Waals surface area contributed by atoms with Crippen molar-refractivity contribution in [3.63, 3.8) is 0 Å². The van der Waals surface area contributed by atoms with Gasteiger partial charge >= 0.3 is 11.9 Å². The van der Waals surface area contributed by atoms with Crippen LogP contribution in [0.2, 0.25) is 0 Å². The molecule has 1 aliphatic heterocycles. The van der Waals surface area contributed by atoms with Gasteiger partial charge in [0.15, 0.2) is 0 Å². The lowest BCUT2D eigenvalue weighted by Crippen LogP contribution is -2.34. The first-order chi connectivity index (χ1) is 12.3. The topological polar surface area (TPSA) is 89.9 Å². The van der Waals surface area contributed by atoms with Gasteiger partial charge in [0.25, 0.3) is 0 Å². The number of esters is 2. The third-order valence-corrected chi connectivity index (χ3v) is 4.58. The molecule has 1 N–H and O–H groups in total. The molecule has 142 valence electrons. The van der Waals surface area contributed by atoms with Crippen molar-refractivity contribution in [3.8, 4) is 0 Å². The van der Waals surface area contributed by atoms with Crippen LogP contribution in [0.4, 0.5) is 0 Å². The fraction of sp³-hybridized carbons (Fsp3) is 0.550. The van der Waals surface area contributed by atoms with Gasteiger partial charge in [-0.2, -0.15) is 0 Å². The van der Waals surface area contributed by atoms with E-state index in [1.165, 1.54) is 0 Å². The Hall–Kier alpha value is -2.21. The van der Waals surface area contributed by atoms with Gasteiger partial charge in [0, 0.05) is 18.4 Å². The van der Waals surface area contributed by atoms with Gasteiger partial charge in [-0.15, -0.1) is 0 Å².